The number of amides is 1. The molecule has 1 spiro atoms. The summed E-state index contributed by atoms with van der Waals surface area (Å²) in [6.45, 7) is 3.49. The number of ether oxygens (including phenoxy) is 2. The van der Waals surface area contributed by atoms with Gasteiger partial charge in [-0.2, -0.15) is 0 Å². The largest absolute Gasteiger partial charge is 0.352 e. The average molecular weight is 368 g/mol. The predicted octanol–water partition coefficient (Wildman–Crippen LogP) is 1.79. The van der Waals surface area contributed by atoms with Crippen molar-refractivity contribution in [2.75, 3.05) is 37.7 Å². The smallest absolute Gasteiger partial charge is 0.254 e. The number of benzene rings is 1. The van der Waals surface area contributed by atoms with Crippen LogP contribution in [0.1, 0.15) is 28.8 Å². The van der Waals surface area contributed by atoms with Crippen molar-refractivity contribution in [2.45, 2.75) is 25.0 Å². The maximum absolute atomic E-state index is 12.3. The topological polar surface area (TPSA) is 76.6 Å². The number of anilines is 1. The van der Waals surface area contributed by atoms with Crippen LogP contribution in [-0.2, 0) is 15.9 Å². The first kappa shape index (κ1) is 17.9. The fourth-order valence-corrected chi connectivity index (χ4v) is 3.50. The molecule has 2 saturated heterocycles. The van der Waals surface area contributed by atoms with Crippen LogP contribution in [0.15, 0.2) is 42.7 Å². The second-order valence-corrected chi connectivity index (χ2v) is 6.86. The lowest BCUT2D eigenvalue weighted by Gasteiger charge is -2.37. The number of rotatable bonds is 5. The lowest BCUT2D eigenvalue weighted by atomic mass is 10.0. The van der Waals surface area contributed by atoms with E-state index in [0.717, 1.165) is 32.4 Å². The van der Waals surface area contributed by atoms with Gasteiger partial charge in [-0.25, -0.2) is 9.97 Å². The Bertz CT molecular complexity index is 751. The van der Waals surface area contributed by atoms with Gasteiger partial charge in [-0.05, 0) is 12.0 Å². The third kappa shape index (κ3) is 4.26. The molecular formula is C20H24N4O3. The van der Waals surface area contributed by atoms with Crippen LogP contribution in [-0.4, -0.2) is 54.5 Å². The van der Waals surface area contributed by atoms with Crippen molar-refractivity contribution in [2.24, 2.45) is 0 Å². The van der Waals surface area contributed by atoms with Gasteiger partial charge < -0.3 is 19.7 Å². The van der Waals surface area contributed by atoms with Crippen LogP contribution in [0.25, 0.3) is 0 Å². The van der Waals surface area contributed by atoms with Gasteiger partial charge in [0.1, 0.15) is 0 Å². The molecule has 0 bridgehead atoms. The summed E-state index contributed by atoms with van der Waals surface area (Å²) in [5.74, 6) is 0.0845. The van der Waals surface area contributed by atoms with Crippen molar-refractivity contribution in [3.05, 3.63) is 53.9 Å². The fourth-order valence-electron chi connectivity index (χ4n) is 3.50. The highest BCUT2D eigenvalue weighted by Gasteiger charge is 2.40. The van der Waals surface area contributed by atoms with Crippen LogP contribution in [0.4, 0.5) is 5.95 Å². The SMILES string of the molecule is O=C(NCCc1ccccc1)c1cnc(N2CCC3(CC2)OCCO3)nc1. The van der Waals surface area contributed by atoms with E-state index in [0.29, 0.717) is 31.3 Å². The van der Waals surface area contributed by atoms with Gasteiger partial charge >= 0.3 is 0 Å². The lowest BCUT2D eigenvalue weighted by Crippen LogP contribution is -2.45. The molecule has 1 N–H and O–H groups in total. The Labute approximate surface area is 158 Å². The van der Waals surface area contributed by atoms with Crippen LogP contribution in [0.2, 0.25) is 0 Å². The monoisotopic (exact) mass is 368 g/mol. The standard InChI is InChI=1S/C20H24N4O3/c25-18(21-9-6-16-4-2-1-3-5-16)17-14-22-19(23-15-17)24-10-7-20(8-11-24)26-12-13-27-20/h1-5,14-15H,6-13H2,(H,21,25). The first-order chi connectivity index (χ1) is 13.2. The molecule has 27 heavy (non-hydrogen) atoms. The van der Waals surface area contributed by atoms with E-state index in [2.05, 4.69) is 32.3 Å². The van der Waals surface area contributed by atoms with Gasteiger partial charge in [0, 0.05) is 44.9 Å². The van der Waals surface area contributed by atoms with Gasteiger partial charge in [0.25, 0.3) is 5.91 Å². The Morgan fingerprint density at radius 1 is 1.07 bits per heavy atom. The Hall–Kier alpha value is -2.51. The van der Waals surface area contributed by atoms with Crippen molar-refractivity contribution < 1.29 is 14.3 Å². The van der Waals surface area contributed by atoms with Crippen LogP contribution in [0, 0.1) is 0 Å². The van der Waals surface area contributed by atoms with Crippen molar-refractivity contribution in [1.29, 1.82) is 0 Å². The molecule has 142 valence electrons. The number of nitrogens with zero attached hydrogens (tertiary/aromatic N) is 3. The highest BCUT2D eigenvalue weighted by atomic mass is 16.7. The molecule has 0 radical (unpaired) electrons. The summed E-state index contributed by atoms with van der Waals surface area (Å²) in [6, 6.07) is 10.1. The molecule has 7 nitrogen and oxygen atoms in total. The third-order valence-electron chi connectivity index (χ3n) is 5.06. The molecule has 7 heteroatoms. The molecule has 1 amide bonds. The fraction of sp³-hybridized carbons (Fsp3) is 0.450. The second-order valence-electron chi connectivity index (χ2n) is 6.86. The first-order valence-electron chi connectivity index (χ1n) is 9.41. The minimum absolute atomic E-state index is 0.150. The number of hydrogen-bond donors (Lipinski definition) is 1. The lowest BCUT2D eigenvalue weighted by molar-refractivity contribution is -0.169. The van der Waals surface area contributed by atoms with Gasteiger partial charge in [0.2, 0.25) is 5.95 Å². The van der Waals surface area contributed by atoms with Crippen LogP contribution < -0.4 is 10.2 Å². The van der Waals surface area contributed by atoms with Gasteiger partial charge in [-0.15, -0.1) is 0 Å². The van der Waals surface area contributed by atoms with Crippen molar-refractivity contribution in [3.63, 3.8) is 0 Å². The molecule has 2 aliphatic heterocycles. The Morgan fingerprint density at radius 2 is 1.74 bits per heavy atom. The Kier molecular flexibility index (Phi) is 5.31. The molecule has 4 rings (SSSR count). The molecule has 0 aliphatic carbocycles. The third-order valence-corrected chi connectivity index (χ3v) is 5.06. The molecule has 1 aromatic heterocycles. The summed E-state index contributed by atoms with van der Waals surface area (Å²) in [6.07, 6.45) is 5.58. The summed E-state index contributed by atoms with van der Waals surface area (Å²) >= 11 is 0. The van der Waals surface area contributed by atoms with E-state index in [4.69, 9.17) is 9.47 Å². The van der Waals surface area contributed by atoms with Crippen LogP contribution in [0.3, 0.4) is 0 Å². The van der Waals surface area contributed by atoms with Gasteiger partial charge in [0.05, 0.1) is 18.8 Å². The quantitative estimate of drug-likeness (QED) is 0.867. The van der Waals surface area contributed by atoms with Crippen LogP contribution >= 0.6 is 0 Å². The second kappa shape index (κ2) is 8.02. The van der Waals surface area contributed by atoms with E-state index in [1.165, 1.54) is 5.56 Å². The summed E-state index contributed by atoms with van der Waals surface area (Å²) in [5, 5.41) is 2.91. The zero-order valence-electron chi connectivity index (χ0n) is 15.3. The molecule has 1 aromatic carbocycles. The summed E-state index contributed by atoms with van der Waals surface area (Å²) in [4.78, 5) is 23.1. The maximum atomic E-state index is 12.3. The van der Waals surface area contributed by atoms with E-state index in [-0.39, 0.29) is 5.91 Å². The molecule has 2 aliphatic rings. The summed E-state index contributed by atoms with van der Waals surface area (Å²) in [5.41, 5.74) is 1.67. The zero-order chi connectivity index (χ0) is 18.5. The maximum Gasteiger partial charge on any atom is 0.254 e. The number of hydrogen-bond acceptors (Lipinski definition) is 6. The van der Waals surface area contributed by atoms with Crippen molar-refractivity contribution in [1.82, 2.24) is 15.3 Å². The molecule has 0 saturated carbocycles. The van der Waals surface area contributed by atoms with Gasteiger partial charge in [-0.3, -0.25) is 4.79 Å². The number of carbonyl (C=O) groups is 1. The van der Waals surface area contributed by atoms with E-state index in [9.17, 15) is 4.79 Å². The van der Waals surface area contributed by atoms with Gasteiger partial charge in [0.15, 0.2) is 5.79 Å². The normalized spacial score (nSPS) is 18.6. The number of aromatic nitrogens is 2. The van der Waals surface area contributed by atoms with E-state index in [1.807, 2.05) is 18.2 Å². The number of piperidine rings is 1. The minimum Gasteiger partial charge on any atom is -0.352 e. The summed E-state index contributed by atoms with van der Waals surface area (Å²) in [7, 11) is 0. The van der Waals surface area contributed by atoms with E-state index in [1.54, 1.807) is 12.4 Å². The van der Waals surface area contributed by atoms with Crippen molar-refractivity contribution in [3.8, 4) is 0 Å². The summed E-state index contributed by atoms with van der Waals surface area (Å²) < 4.78 is 11.5. The highest BCUT2D eigenvalue weighted by molar-refractivity contribution is 5.93. The number of nitrogens with one attached hydrogen (secondary N) is 1. The molecular weight excluding hydrogens is 344 g/mol. The molecule has 2 fully saturated rings. The average Bonchev–Trinajstić information content (AvgIpc) is 3.17. The number of carbonyl (C=O) groups excluding carboxylic acids is 1. The van der Waals surface area contributed by atoms with Gasteiger partial charge in [-0.1, -0.05) is 30.3 Å². The van der Waals surface area contributed by atoms with Crippen molar-refractivity contribution >= 4 is 11.9 Å². The van der Waals surface area contributed by atoms with E-state index < -0.39 is 5.79 Å². The first-order valence-corrected chi connectivity index (χ1v) is 9.41. The minimum atomic E-state index is -0.408. The predicted molar refractivity (Wildman–Crippen MR) is 101 cm³/mol. The molecule has 3 heterocycles. The Balaban J connectivity index is 1.27. The van der Waals surface area contributed by atoms with Crippen LogP contribution in [0.5, 0.6) is 0 Å². The Morgan fingerprint density at radius 3 is 2.41 bits per heavy atom. The van der Waals surface area contributed by atoms with E-state index >= 15 is 0 Å². The molecule has 0 atom stereocenters. The highest BCUT2D eigenvalue weighted by Crippen LogP contribution is 2.32. The zero-order valence-corrected chi connectivity index (χ0v) is 15.3. The molecule has 0 unspecified atom stereocenters. The molecule has 2 aromatic rings.